The lowest BCUT2D eigenvalue weighted by atomic mass is 10.1. The number of nitrogens with zero attached hydrogens (tertiary/aromatic N) is 3. The molecule has 1 heterocycles. The summed E-state index contributed by atoms with van der Waals surface area (Å²) in [5.41, 5.74) is 6.77. The van der Waals surface area contributed by atoms with Crippen molar-refractivity contribution in [1.29, 1.82) is 5.26 Å². The van der Waals surface area contributed by atoms with Crippen LogP contribution in [0.4, 0.5) is 5.69 Å². The number of carbonyl (C=O) groups excluding carboxylic acids is 1. The van der Waals surface area contributed by atoms with Gasteiger partial charge in [0.1, 0.15) is 6.29 Å². The first-order chi connectivity index (χ1) is 13.5. The minimum absolute atomic E-state index is 0.458. The van der Waals surface area contributed by atoms with Crippen molar-refractivity contribution in [2.45, 2.75) is 19.8 Å². The van der Waals surface area contributed by atoms with Gasteiger partial charge in [0.05, 0.1) is 17.3 Å². The molecule has 0 aliphatic rings. The van der Waals surface area contributed by atoms with E-state index < -0.39 is 0 Å². The number of aldehydes is 1. The average molecular weight is 392 g/mol. The third kappa shape index (κ3) is 3.81. The second-order valence-corrected chi connectivity index (χ2v) is 7.36. The van der Waals surface area contributed by atoms with E-state index in [0.717, 1.165) is 40.2 Å². The van der Waals surface area contributed by atoms with E-state index in [2.05, 4.69) is 22.8 Å². The van der Waals surface area contributed by atoms with Gasteiger partial charge in [0.2, 0.25) is 0 Å². The first kappa shape index (κ1) is 19.7. The topological polar surface area (TPSA) is 49.0 Å². The van der Waals surface area contributed by atoms with Crippen LogP contribution in [0.3, 0.4) is 0 Å². The molecule has 0 N–H and O–H groups in total. The Morgan fingerprint density at radius 2 is 1.93 bits per heavy atom. The number of anilines is 1. The monoisotopic (exact) mass is 391 g/mol. The van der Waals surface area contributed by atoms with E-state index in [1.807, 2.05) is 62.3 Å². The van der Waals surface area contributed by atoms with E-state index in [-0.39, 0.29) is 0 Å². The first-order valence-corrected chi connectivity index (χ1v) is 9.46. The minimum atomic E-state index is 0.458. The van der Waals surface area contributed by atoms with Crippen molar-refractivity contribution < 1.29 is 4.79 Å². The van der Waals surface area contributed by atoms with Crippen molar-refractivity contribution in [3.8, 4) is 23.0 Å². The summed E-state index contributed by atoms with van der Waals surface area (Å²) in [5, 5.41) is 9.88. The molecule has 0 aliphatic heterocycles. The molecule has 142 valence electrons. The zero-order valence-electron chi connectivity index (χ0n) is 16.2. The lowest BCUT2D eigenvalue weighted by molar-refractivity contribution is -0.107. The van der Waals surface area contributed by atoms with Gasteiger partial charge < -0.3 is 14.3 Å². The van der Waals surface area contributed by atoms with E-state index in [0.29, 0.717) is 23.4 Å². The zero-order valence-corrected chi connectivity index (χ0v) is 17.0. The summed E-state index contributed by atoms with van der Waals surface area (Å²) >= 11 is 6.23. The molecule has 0 amide bonds. The average Bonchev–Trinajstić information content (AvgIpc) is 3.09. The number of hydrogen-bond acceptors (Lipinski definition) is 3. The number of aryl methyl sites for hydroxylation is 2. The first-order valence-electron chi connectivity index (χ1n) is 9.09. The van der Waals surface area contributed by atoms with E-state index in [4.69, 9.17) is 11.6 Å². The molecule has 2 aromatic carbocycles. The van der Waals surface area contributed by atoms with Crippen LogP contribution in [0.25, 0.3) is 16.9 Å². The summed E-state index contributed by atoms with van der Waals surface area (Å²) in [5.74, 6) is 0. The molecule has 0 fully saturated rings. The number of rotatable bonds is 6. The van der Waals surface area contributed by atoms with Gasteiger partial charge in [-0.15, -0.1) is 0 Å². The normalized spacial score (nSPS) is 10.5. The van der Waals surface area contributed by atoms with Crippen molar-refractivity contribution in [2.75, 3.05) is 19.0 Å². The van der Waals surface area contributed by atoms with Crippen LogP contribution >= 0.6 is 11.6 Å². The summed E-state index contributed by atoms with van der Waals surface area (Å²) in [6, 6.07) is 17.9. The van der Waals surface area contributed by atoms with Gasteiger partial charge in [-0.2, -0.15) is 5.26 Å². The molecule has 4 nitrogen and oxygen atoms in total. The fourth-order valence-electron chi connectivity index (χ4n) is 3.44. The molecule has 0 atom stereocenters. The van der Waals surface area contributed by atoms with Gasteiger partial charge in [-0.25, -0.2) is 0 Å². The van der Waals surface area contributed by atoms with E-state index in [1.165, 1.54) is 0 Å². The predicted molar refractivity (Wildman–Crippen MR) is 114 cm³/mol. The summed E-state index contributed by atoms with van der Waals surface area (Å²) < 4.78 is 2.18. The lowest BCUT2D eigenvalue weighted by Gasteiger charge is -2.21. The Morgan fingerprint density at radius 1 is 1.14 bits per heavy atom. The fourth-order valence-corrected chi connectivity index (χ4v) is 3.61. The van der Waals surface area contributed by atoms with Crippen LogP contribution in [-0.2, 0) is 11.2 Å². The third-order valence-electron chi connectivity index (χ3n) is 4.76. The fraction of sp³-hybridized carbons (Fsp3) is 0.217. The number of hydrogen-bond donors (Lipinski definition) is 0. The molecule has 0 saturated carbocycles. The second kappa shape index (κ2) is 8.33. The maximum Gasteiger partial charge on any atom is 0.120 e. The molecule has 0 saturated heterocycles. The van der Waals surface area contributed by atoms with Gasteiger partial charge in [-0.05, 0) is 67.4 Å². The largest absolute Gasteiger partial charge is 0.377 e. The lowest BCUT2D eigenvalue weighted by Crippen LogP contribution is -2.11. The number of carbonyl (C=O) groups is 1. The molecule has 3 aromatic rings. The van der Waals surface area contributed by atoms with Crippen LogP contribution in [0.15, 0.2) is 48.5 Å². The van der Waals surface area contributed by atoms with Crippen LogP contribution in [0.5, 0.6) is 0 Å². The highest BCUT2D eigenvalue weighted by Gasteiger charge is 2.17. The van der Waals surface area contributed by atoms with E-state index in [1.54, 1.807) is 0 Å². The summed E-state index contributed by atoms with van der Waals surface area (Å²) in [6.45, 7) is 2.00. The molecule has 0 unspecified atom stereocenters. The van der Waals surface area contributed by atoms with Gasteiger partial charge in [0, 0.05) is 48.2 Å². The zero-order chi connectivity index (χ0) is 20.3. The van der Waals surface area contributed by atoms with E-state index >= 15 is 0 Å². The van der Waals surface area contributed by atoms with Crippen LogP contribution in [-0.4, -0.2) is 24.9 Å². The maximum absolute atomic E-state index is 11.0. The summed E-state index contributed by atoms with van der Waals surface area (Å²) in [6.07, 6.45) is 2.05. The quantitative estimate of drug-likeness (QED) is 0.544. The van der Waals surface area contributed by atoms with Crippen molar-refractivity contribution in [3.05, 3.63) is 70.4 Å². The predicted octanol–water partition coefficient (Wildman–Crippen LogP) is 5.18. The highest BCUT2D eigenvalue weighted by atomic mass is 35.5. The van der Waals surface area contributed by atoms with Gasteiger partial charge in [0.25, 0.3) is 0 Å². The van der Waals surface area contributed by atoms with Gasteiger partial charge in [0.15, 0.2) is 0 Å². The van der Waals surface area contributed by atoms with Crippen LogP contribution in [0.1, 0.15) is 23.2 Å². The van der Waals surface area contributed by atoms with Crippen molar-refractivity contribution in [2.24, 2.45) is 0 Å². The van der Waals surface area contributed by atoms with Crippen LogP contribution in [0.2, 0.25) is 5.02 Å². The highest BCUT2D eigenvalue weighted by Crippen LogP contribution is 2.36. The second-order valence-electron chi connectivity index (χ2n) is 6.92. The minimum Gasteiger partial charge on any atom is -0.377 e. The smallest absolute Gasteiger partial charge is 0.120 e. The van der Waals surface area contributed by atoms with Gasteiger partial charge in [-0.1, -0.05) is 11.6 Å². The number of halogens is 1. The van der Waals surface area contributed by atoms with Crippen molar-refractivity contribution >= 4 is 23.6 Å². The summed E-state index contributed by atoms with van der Waals surface area (Å²) in [7, 11) is 3.98. The Morgan fingerprint density at radius 3 is 2.57 bits per heavy atom. The molecule has 5 heteroatoms. The Kier molecular flexibility index (Phi) is 5.87. The van der Waals surface area contributed by atoms with E-state index in [9.17, 15) is 10.1 Å². The number of benzene rings is 2. The molecule has 0 aliphatic carbocycles. The molecule has 1 aromatic heterocycles. The standard InChI is InChI=1S/C23H22ClN3O/c1-16-13-17(15-25)6-10-21(16)27-19(5-4-12-28)8-11-22(27)20-9-7-18(24)14-23(20)26(2)3/h6-14H,4-5H2,1-3H3. The van der Waals surface area contributed by atoms with Crippen molar-refractivity contribution in [3.63, 3.8) is 0 Å². The molecule has 28 heavy (non-hydrogen) atoms. The van der Waals surface area contributed by atoms with Gasteiger partial charge >= 0.3 is 0 Å². The maximum atomic E-state index is 11.0. The third-order valence-corrected chi connectivity index (χ3v) is 5.00. The van der Waals surface area contributed by atoms with Crippen LogP contribution < -0.4 is 4.90 Å². The molecular weight excluding hydrogens is 370 g/mol. The van der Waals surface area contributed by atoms with Gasteiger partial charge in [-0.3, -0.25) is 0 Å². The molecule has 0 radical (unpaired) electrons. The summed E-state index contributed by atoms with van der Waals surface area (Å²) in [4.78, 5) is 13.0. The Hall–Kier alpha value is -3.03. The molecule has 0 spiro atoms. The Balaban J connectivity index is 2.26. The molecule has 0 bridgehead atoms. The number of nitriles is 1. The molecular formula is C23H22ClN3O. The Labute approximate surface area is 170 Å². The molecule has 3 rings (SSSR count). The highest BCUT2D eigenvalue weighted by molar-refractivity contribution is 6.31. The Bertz CT molecular complexity index is 1060. The van der Waals surface area contributed by atoms with Crippen LogP contribution in [0, 0.1) is 18.3 Å². The van der Waals surface area contributed by atoms with Crippen molar-refractivity contribution in [1.82, 2.24) is 4.57 Å². The SMILES string of the molecule is Cc1cc(C#N)ccc1-n1c(CCC=O)ccc1-c1ccc(Cl)cc1N(C)C. The number of aromatic nitrogens is 1.